The maximum atomic E-state index is 12.7. The molecule has 5 nitrogen and oxygen atoms in total. The number of hydrogen-bond donors (Lipinski definition) is 1. The second-order valence-electron chi connectivity index (χ2n) is 7.22. The summed E-state index contributed by atoms with van der Waals surface area (Å²) in [6, 6.07) is 23.9. The van der Waals surface area contributed by atoms with Crippen LogP contribution >= 0.6 is 0 Å². The molecule has 0 saturated carbocycles. The minimum Gasteiger partial charge on any atom is -0.452 e. The van der Waals surface area contributed by atoms with E-state index in [4.69, 9.17) is 4.74 Å². The van der Waals surface area contributed by atoms with E-state index in [9.17, 15) is 14.9 Å². The standard InChI is InChI=1S/C26H24N2O3/c1-3-24(19-14-12-18(2)13-15-19)28-25(29)17-31-26(30)23-11-7-6-10-22(23)21-9-5-4-8-20(21)16-27/h4-15,24H,3,17H2,1-2H3,(H,28,29)/t24-/m1/s1. The lowest BCUT2D eigenvalue weighted by atomic mass is 9.96. The molecule has 3 aromatic carbocycles. The number of amides is 1. The Morgan fingerprint density at radius 2 is 1.61 bits per heavy atom. The summed E-state index contributed by atoms with van der Waals surface area (Å²) in [6.45, 7) is 3.62. The normalized spacial score (nSPS) is 11.3. The first kappa shape index (κ1) is 21.8. The van der Waals surface area contributed by atoms with Gasteiger partial charge in [-0.05, 0) is 36.6 Å². The van der Waals surface area contributed by atoms with Gasteiger partial charge in [0, 0.05) is 5.56 Å². The predicted molar refractivity (Wildman–Crippen MR) is 119 cm³/mol. The maximum Gasteiger partial charge on any atom is 0.339 e. The van der Waals surface area contributed by atoms with Crippen molar-refractivity contribution in [2.75, 3.05) is 6.61 Å². The Labute approximate surface area is 182 Å². The molecule has 31 heavy (non-hydrogen) atoms. The number of nitrogens with zero attached hydrogens (tertiary/aromatic N) is 1. The van der Waals surface area contributed by atoms with E-state index in [2.05, 4.69) is 11.4 Å². The van der Waals surface area contributed by atoms with E-state index < -0.39 is 5.97 Å². The van der Waals surface area contributed by atoms with Crippen molar-refractivity contribution in [3.63, 3.8) is 0 Å². The van der Waals surface area contributed by atoms with Crippen molar-refractivity contribution in [3.05, 3.63) is 95.1 Å². The summed E-state index contributed by atoms with van der Waals surface area (Å²) in [5, 5.41) is 12.3. The summed E-state index contributed by atoms with van der Waals surface area (Å²) in [5.41, 5.74) is 4.17. The van der Waals surface area contributed by atoms with Gasteiger partial charge in [-0.15, -0.1) is 0 Å². The van der Waals surface area contributed by atoms with Crippen molar-refractivity contribution >= 4 is 11.9 Å². The van der Waals surface area contributed by atoms with Crippen LogP contribution in [-0.4, -0.2) is 18.5 Å². The molecule has 0 aromatic heterocycles. The zero-order chi connectivity index (χ0) is 22.2. The number of carbonyl (C=O) groups is 2. The molecule has 3 rings (SSSR count). The smallest absolute Gasteiger partial charge is 0.339 e. The van der Waals surface area contributed by atoms with Gasteiger partial charge in [-0.25, -0.2) is 4.79 Å². The number of aryl methyl sites for hydroxylation is 1. The van der Waals surface area contributed by atoms with Crippen LogP contribution in [0.5, 0.6) is 0 Å². The molecule has 0 bridgehead atoms. The number of benzene rings is 3. The molecule has 1 atom stereocenters. The fourth-order valence-corrected chi connectivity index (χ4v) is 3.38. The van der Waals surface area contributed by atoms with Crippen LogP contribution in [0.15, 0.2) is 72.8 Å². The van der Waals surface area contributed by atoms with Gasteiger partial charge in [0.25, 0.3) is 5.91 Å². The summed E-state index contributed by atoms with van der Waals surface area (Å²) >= 11 is 0. The van der Waals surface area contributed by atoms with Crippen LogP contribution in [0.25, 0.3) is 11.1 Å². The van der Waals surface area contributed by atoms with E-state index in [0.717, 1.165) is 17.5 Å². The topological polar surface area (TPSA) is 79.2 Å². The fraction of sp³-hybridized carbons (Fsp3) is 0.192. The van der Waals surface area contributed by atoms with Gasteiger partial charge in [-0.2, -0.15) is 5.26 Å². The van der Waals surface area contributed by atoms with Crippen molar-refractivity contribution in [2.24, 2.45) is 0 Å². The van der Waals surface area contributed by atoms with Gasteiger partial charge < -0.3 is 10.1 Å². The first-order valence-corrected chi connectivity index (χ1v) is 10.1. The molecule has 0 unspecified atom stereocenters. The largest absolute Gasteiger partial charge is 0.452 e. The molecule has 0 spiro atoms. The van der Waals surface area contributed by atoms with Crippen LogP contribution in [-0.2, 0) is 9.53 Å². The lowest BCUT2D eigenvalue weighted by molar-refractivity contribution is -0.125. The third kappa shape index (κ3) is 5.37. The molecule has 3 aromatic rings. The molecule has 0 aliphatic heterocycles. The van der Waals surface area contributed by atoms with Gasteiger partial charge in [0.15, 0.2) is 6.61 Å². The monoisotopic (exact) mass is 412 g/mol. The zero-order valence-electron chi connectivity index (χ0n) is 17.6. The lowest BCUT2D eigenvalue weighted by Gasteiger charge is -2.18. The van der Waals surface area contributed by atoms with Crippen molar-refractivity contribution < 1.29 is 14.3 Å². The second-order valence-corrected chi connectivity index (χ2v) is 7.22. The minimum atomic E-state index is -0.609. The van der Waals surface area contributed by atoms with Crippen LogP contribution in [0.1, 0.15) is 46.4 Å². The summed E-state index contributed by atoms with van der Waals surface area (Å²) < 4.78 is 5.29. The number of rotatable bonds is 7. The average molecular weight is 412 g/mol. The van der Waals surface area contributed by atoms with Crippen molar-refractivity contribution in [3.8, 4) is 17.2 Å². The predicted octanol–water partition coefficient (Wildman–Crippen LogP) is 4.96. The summed E-state index contributed by atoms with van der Waals surface area (Å²) in [7, 11) is 0. The van der Waals surface area contributed by atoms with Crippen molar-refractivity contribution in [2.45, 2.75) is 26.3 Å². The molecule has 0 heterocycles. The summed E-state index contributed by atoms with van der Waals surface area (Å²) in [5.74, 6) is -0.974. The maximum absolute atomic E-state index is 12.7. The zero-order valence-corrected chi connectivity index (χ0v) is 17.6. The Kier molecular flexibility index (Phi) is 7.18. The molecular weight excluding hydrogens is 388 g/mol. The SMILES string of the molecule is CC[C@@H](NC(=O)COC(=O)c1ccccc1-c1ccccc1C#N)c1ccc(C)cc1. The van der Waals surface area contributed by atoms with Gasteiger partial charge >= 0.3 is 5.97 Å². The van der Waals surface area contributed by atoms with Crippen LogP contribution in [0.2, 0.25) is 0 Å². The van der Waals surface area contributed by atoms with Gasteiger partial charge in [-0.3, -0.25) is 4.79 Å². The first-order valence-electron chi connectivity index (χ1n) is 10.1. The molecule has 0 fully saturated rings. The van der Waals surface area contributed by atoms with Gasteiger partial charge in [0.2, 0.25) is 0 Å². The van der Waals surface area contributed by atoms with Gasteiger partial charge in [-0.1, -0.05) is 73.2 Å². The quantitative estimate of drug-likeness (QED) is 0.557. The third-order valence-electron chi connectivity index (χ3n) is 5.04. The highest BCUT2D eigenvalue weighted by Gasteiger charge is 2.18. The Morgan fingerprint density at radius 1 is 0.968 bits per heavy atom. The van der Waals surface area contributed by atoms with E-state index in [1.165, 1.54) is 0 Å². The van der Waals surface area contributed by atoms with E-state index in [0.29, 0.717) is 22.3 Å². The molecular formula is C26H24N2O3. The highest BCUT2D eigenvalue weighted by molar-refractivity contribution is 5.99. The van der Waals surface area contributed by atoms with E-state index in [1.54, 1.807) is 42.5 Å². The third-order valence-corrected chi connectivity index (χ3v) is 5.04. The second kappa shape index (κ2) is 10.2. The number of esters is 1. The van der Waals surface area contributed by atoms with Crippen LogP contribution in [0.3, 0.4) is 0 Å². The highest BCUT2D eigenvalue weighted by atomic mass is 16.5. The van der Waals surface area contributed by atoms with Crippen LogP contribution in [0, 0.1) is 18.3 Å². The molecule has 156 valence electrons. The van der Waals surface area contributed by atoms with E-state index in [-0.39, 0.29) is 18.6 Å². The number of ether oxygens (including phenoxy) is 1. The van der Waals surface area contributed by atoms with Crippen molar-refractivity contribution in [1.82, 2.24) is 5.32 Å². The molecule has 0 aliphatic rings. The average Bonchev–Trinajstić information content (AvgIpc) is 2.81. The molecule has 1 amide bonds. The highest BCUT2D eigenvalue weighted by Crippen LogP contribution is 2.27. The fourth-order valence-electron chi connectivity index (χ4n) is 3.38. The number of carbonyl (C=O) groups excluding carboxylic acids is 2. The minimum absolute atomic E-state index is 0.151. The number of hydrogen-bond acceptors (Lipinski definition) is 4. The molecule has 0 aliphatic carbocycles. The lowest BCUT2D eigenvalue weighted by Crippen LogP contribution is -2.32. The number of nitrogens with one attached hydrogen (secondary N) is 1. The molecule has 1 N–H and O–H groups in total. The van der Waals surface area contributed by atoms with E-state index >= 15 is 0 Å². The van der Waals surface area contributed by atoms with Gasteiger partial charge in [0.1, 0.15) is 0 Å². The Hall–Kier alpha value is -3.91. The molecule has 0 saturated heterocycles. The molecule has 0 radical (unpaired) electrons. The van der Waals surface area contributed by atoms with Crippen molar-refractivity contribution in [1.29, 1.82) is 5.26 Å². The Bertz CT molecular complexity index is 1110. The van der Waals surface area contributed by atoms with E-state index in [1.807, 2.05) is 44.2 Å². The van der Waals surface area contributed by atoms with Gasteiger partial charge in [0.05, 0.1) is 23.2 Å². The summed E-state index contributed by atoms with van der Waals surface area (Å²) in [6.07, 6.45) is 0.719. The number of nitriles is 1. The summed E-state index contributed by atoms with van der Waals surface area (Å²) in [4.78, 5) is 25.1. The molecule has 5 heteroatoms. The first-order chi connectivity index (χ1) is 15.0. The Balaban J connectivity index is 1.69. The van der Waals surface area contributed by atoms with Crippen LogP contribution in [0.4, 0.5) is 0 Å². The Morgan fingerprint density at radius 3 is 2.29 bits per heavy atom. The van der Waals surface area contributed by atoms with Crippen LogP contribution < -0.4 is 5.32 Å².